The largest absolute Gasteiger partial charge is 0.507 e. The van der Waals surface area contributed by atoms with Crippen LogP contribution in [-0.4, -0.2) is 30.1 Å². The minimum atomic E-state index is -0.0763. The standard InChI is InChI=1S/C16H25BrN2O/c1-16(2,3)13-7-11(17)6-12(15(13)20)14-5-10(8-18)9-19(14)4/h6-7,10,14,20H,5,8-9,18H2,1-4H3. The van der Waals surface area contributed by atoms with Crippen LogP contribution >= 0.6 is 15.9 Å². The molecular weight excluding hydrogens is 316 g/mol. The summed E-state index contributed by atoms with van der Waals surface area (Å²) in [5.74, 6) is 0.955. The lowest BCUT2D eigenvalue weighted by Crippen LogP contribution is -2.21. The third-order valence-electron chi connectivity index (χ3n) is 4.24. The fourth-order valence-electron chi connectivity index (χ4n) is 3.09. The van der Waals surface area contributed by atoms with Crippen LogP contribution in [0.4, 0.5) is 0 Å². The third-order valence-corrected chi connectivity index (χ3v) is 4.70. The molecular formula is C16H25BrN2O. The summed E-state index contributed by atoms with van der Waals surface area (Å²) in [6.07, 6.45) is 1.01. The summed E-state index contributed by atoms with van der Waals surface area (Å²) >= 11 is 3.58. The number of aromatic hydroxyl groups is 1. The molecule has 3 N–H and O–H groups in total. The highest BCUT2D eigenvalue weighted by Gasteiger charge is 2.33. The van der Waals surface area contributed by atoms with Gasteiger partial charge in [0.2, 0.25) is 0 Å². The van der Waals surface area contributed by atoms with Crippen molar-refractivity contribution in [3.8, 4) is 5.75 Å². The first-order valence-electron chi connectivity index (χ1n) is 7.17. The number of hydrogen-bond acceptors (Lipinski definition) is 3. The van der Waals surface area contributed by atoms with E-state index in [0.717, 1.165) is 28.6 Å². The summed E-state index contributed by atoms with van der Waals surface area (Å²) in [5, 5.41) is 10.7. The summed E-state index contributed by atoms with van der Waals surface area (Å²) in [7, 11) is 2.11. The molecule has 1 fully saturated rings. The smallest absolute Gasteiger partial charge is 0.124 e. The van der Waals surface area contributed by atoms with E-state index in [0.29, 0.717) is 18.2 Å². The molecule has 2 atom stereocenters. The van der Waals surface area contributed by atoms with Gasteiger partial charge in [0.15, 0.2) is 0 Å². The molecule has 3 nitrogen and oxygen atoms in total. The molecule has 1 aliphatic heterocycles. The Labute approximate surface area is 130 Å². The Kier molecular flexibility index (Phi) is 4.47. The number of hydrogen-bond donors (Lipinski definition) is 2. The molecule has 1 heterocycles. The molecule has 0 radical (unpaired) electrons. The number of nitrogens with zero attached hydrogens (tertiary/aromatic N) is 1. The van der Waals surface area contributed by atoms with Gasteiger partial charge in [-0.1, -0.05) is 36.7 Å². The van der Waals surface area contributed by atoms with Crippen LogP contribution in [0.5, 0.6) is 5.75 Å². The van der Waals surface area contributed by atoms with Crippen molar-refractivity contribution in [2.45, 2.75) is 38.6 Å². The first-order valence-corrected chi connectivity index (χ1v) is 7.96. The van der Waals surface area contributed by atoms with Gasteiger partial charge in [-0.05, 0) is 43.5 Å². The second kappa shape index (κ2) is 5.66. The number of benzene rings is 1. The van der Waals surface area contributed by atoms with Crippen LogP contribution in [0.15, 0.2) is 16.6 Å². The van der Waals surface area contributed by atoms with E-state index in [1.807, 2.05) is 12.1 Å². The van der Waals surface area contributed by atoms with Gasteiger partial charge in [-0.25, -0.2) is 0 Å². The number of rotatable bonds is 2. The lowest BCUT2D eigenvalue weighted by Gasteiger charge is -2.26. The fraction of sp³-hybridized carbons (Fsp3) is 0.625. The molecule has 0 spiro atoms. The summed E-state index contributed by atoms with van der Waals surface area (Å²) in [6.45, 7) is 8.08. The van der Waals surface area contributed by atoms with Gasteiger partial charge in [-0.2, -0.15) is 0 Å². The van der Waals surface area contributed by atoms with Gasteiger partial charge in [0, 0.05) is 28.2 Å². The highest BCUT2D eigenvalue weighted by atomic mass is 79.9. The average Bonchev–Trinajstić information content (AvgIpc) is 2.71. The molecule has 0 saturated carbocycles. The zero-order valence-corrected chi connectivity index (χ0v) is 14.4. The van der Waals surface area contributed by atoms with Gasteiger partial charge in [-0.3, -0.25) is 4.90 Å². The lowest BCUT2D eigenvalue weighted by atomic mass is 9.84. The lowest BCUT2D eigenvalue weighted by molar-refractivity contribution is 0.304. The minimum absolute atomic E-state index is 0.0763. The van der Waals surface area contributed by atoms with Crippen LogP contribution in [-0.2, 0) is 5.41 Å². The molecule has 0 aromatic heterocycles. The molecule has 0 bridgehead atoms. The average molecular weight is 341 g/mol. The van der Waals surface area contributed by atoms with Gasteiger partial charge >= 0.3 is 0 Å². The number of likely N-dealkylation sites (tertiary alicyclic amines) is 1. The minimum Gasteiger partial charge on any atom is -0.507 e. The van der Waals surface area contributed by atoms with Crippen LogP contribution in [0.3, 0.4) is 0 Å². The Morgan fingerprint density at radius 3 is 2.55 bits per heavy atom. The van der Waals surface area contributed by atoms with Crippen LogP contribution in [0.25, 0.3) is 0 Å². The first kappa shape index (κ1) is 15.8. The van der Waals surface area contributed by atoms with Crippen molar-refractivity contribution in [3.63, 3.8) is 0 Å². The predicted molar refractivity (Wildman–Crippen MR) is 87.0 cm³/mol. The van der Waals surface area contributed by atoms with E-state index in [4.69, 9.17) is 5.73 Å². The highest BCUT2D eigenvalue weighted by Crippen LogP contribution is 2.43. The molecule has 1 saturated heterocycles. The quantitative estimate of drug-likeness (QED) is 0.867. The van der Waals surface area contributed by atoms with Crippen molar-refractivity contribution in [2.75, 3.05) is 20.1 Å². The second-order valence-electron chi connectivity index (χ2n) is 6.93. The van der Waals surface area contributed by atoms with E-state index in [9.17, 15) is 5.11 Å². The summed E-state index contributed by atoms with van der Waals surface area (Å²) < 4.78 is 1.03. The Morgan fingerprint density at radius 2 is 2.05 bits per heavy atom. The Hall–Kier alpha value is -0.580. The maximum Gasteiger partial charge on any atom is 0.124 e. The normalized spacial score (nSPS) is 24.3. The van der Waals surface area contributed by atoms with Gasteiger partial charge in [0.05, 0.1) is 0 Å². The van der Waals surface area contributed by atoms with E-state index in [2.05, 4.69) is 48.6 Å². The fourth-order valence-corrected chi connectivity index (χ4v) is 3.56. The zero-order chi connectivity index (χ0) is 15.1. The molecule has 112 valence electrons. The van der Waals surface area contributed by atoms with Crippen LogP contribution < -0.4 is 5.73 Å². The molecule has 1 aromatic rings. The molecule has 4 heteroatoms. The molecule has 0 amide bonds. The van der Waals surface area contributed by atoms with Crippen molar-refractivity contribution < 1.29 is 5.11 Å². The van der Waals surface area contributed by atoms with Gasteiger partial charge in [0.1, 0.15) is 5.75 Å². The van der Waals surface area contributed by atoms with Crippen LogP contribution in [0.2, 0.25) is 0 Å². The summed E-state index contributed by atoms with van der Waals surface area (Å²) in [4.78, 5) is 2.30. The number of phenolic OH excluding ortho intramolecular Hbond substituents is 1. The van der Waals surface area contributed by atoms with Crippen LogP contribution in [0.1, 0.15) is 44.4 Å². The molecule has 20 heavy (non-hydrogen) atoms. The van der Waals surface area contributed by atoms with Crippen molar-refractivity contribution >= 4 is 15.9 Å². The SMILES string of the molecule is CN1CC(CN)CC1c1cc(Br)cc(C(C)(C)C)c1O. The van der Waals surface area contributed by atoms with Gasteiger partial charge in [0.25, 0.3) is 0 Å². The molecule has 1 aliphatic rings. The number of phenols is 1. The van der Waals surface area contributed by atoms with Crippen LogP contribution in [0, 0.1) is 5.92 Å². The predicted octanol–water partition coefficient (Wildman–Crippen LogP) is 3.40. The molecule has 0 aliphatic carbocycles. The van der Waals surface area contributed by atoms with Gasteiger partial charge in [-0.15, -0.1) is 0 Å². The Morgan fingerprint density at radius 1 is 1.40 bits per heavy atom. The van der Waals surface area contributed by atoms with Crippen molar-refractivity contribution in [3.05, 3.63) is 27.7 Å². The maximum atomic E-state index is 10.7. The zero-order valence-electron chi connectivity index (χ0n) is 12.8. The van der Waals surface area contributed by atoms with E-state index in [1.54, 1.807) is 0 Å². The number of nitrogens with two attached hydrogens (primary N) is 1. The maximum absolute atomic E-state index is 10.7. The van der Waals surface area contributed by atoms with Crippen molar-refractivity contribution in [1.82, 2.24) is 4.90 Å². The number of halogens is 1. The van der Waals surface area contributed by atoms with E-state index in [-0.39, 0.29) is 11.5 Å². The van der Waals surface area contributed by atoms with Crippen molar-refractivity contribution in [2.24, 2.45) is 11.7 Å². The third kappa shape index (κ3) is 3.02. The van der Waals surface area contributed by atoms with E-state index < -0.39 is 0 Å². The molecule has 2 rings (SSSR count). The Bertz CT molecular complexity index is 496. The molecule has 2 unspecified atom stereocenters. The molecule has 1 aromatic carbocycles. The first-order chi connectivity index (χ1) is 9.24. The second-order valence-corrected chi connectivity index (χ2v) is 7.85. The summed E-state index contributed by atoms with van der Waals surface area (Å²) in [5.41, 5.74) is 7.74. The highest BCUT2D eigenvalue weighted by molar-refractivity contribution is 9.10. The monoisotopic (exact) mass is 340 g/mol. The summed E-state index contributed by atoms with van der Waals surface area (Å²) in [6, 6.07) is 4.32. The Balaban J connectivity index is 2.45. The van der Waals surface area contributed by atoms with Gasteiger partial charge < -0.3 is 10.8 Å². The van der Waals surface area contributed by atoms with Crippen molar-refractivity contribution in [1.29, 1.82) is 0 Å². The van der Waals surface area contributed by atoms with E-state index >= 15 is 0 Å². The topological polar surface area (TPSA) is 49.5 Å². The van der Waals surface area contributed by atoms with E-state index in [1.165, 1.54) is 0 Å².